The molecule has 2 atom stereocenters. The summed E-state index contributed by atoms with van der Waals surface area (Å²) < 4.78 is 12.5. The highest BCUT2D eigenvalue weighted by atomic mass is 16.5. The zero-order valence-corrected chi connectivity index (χ0v) is 23.4. The largest absolute Gasteiger partial charge is 0.487 e. The zero-order chi connectivity index (χ0) is 27.7. The van der Waals surface area contributed by atoms with Crippen LogP contribution in [-0.2, 0) is 12.8 Å². The summed E-state index contributed by atoms with van der Waals surface area (Å²) in [6.07, 6.45) is 1.64. The Morgan fingerprint density at radius 3 is 2.21 bits per heavy atom. The van der Waals surface area contributed by atoms with Gasteiger partial charge in [0.2, 0.25) is 0 Å². The third-order valence-electron chi connectivity index (χ3n) is 8.03. The van der Waals surface area contributed by atoms with Crippen LogP contribution >= 0.6 is 0 Å². The molecule has 0 fully saturated rings. The Morgan fingerprint density at radius 1 is 0.897 bits per heavy atom. The molecule has 0 saturated heterocycles. The summed E-state index contributed by atoms with van der Waals surface area (Å²) in [4.78, 5) is 13.3. The van der Waals surface area contributed by atoms with Gasteiger partial charge < -0.3 is 19.6 Å². The Labute approximate surface area is 230 Å². The standard InChI is InChI=1S/C34H37NO4/c1-21-22(2)32-27(18-19-34(4,5)39-32)23(3)28(21)20-26-16-17-29(38-26)33(37)35-30(24-12-8-6-9-13-24)31(36)25-14-10-7-11-15-25/h6-17,30-31,36H,18-20H2,1-5H3,(H,35,37). The van der Waals surface area contributed by atoms with Crippen molar-refractivity contribution in [1.29, 1.82) is 0 Å². The molecule has 5 rings (SSSR count). The molecule has 2 heterocycles. The molecule has 2 unspecified atom stereocenters. The van der Waals surface area contributed by atoms with Gasteiger partial charge in [-0.25, -0.2) is 0 Å². The van der Waals surface area contributed by atoms with E-state index in [1.807, 2.05) is 66.7 Å². The van der Waals surface area contributed by atoms with Gasteiger partial charge in [0.25, 0.3) is 5.91 Å². The van der Waals surface area contributed by atoms with Crippen LogP contribution in [0, 0.1) is 20.8 Å². The van der Waals surface area contributed by atoms with E-state index in [2.05, 4.69) is 39.9 Å². The van der Waals surface area contributed by atoms with Gasteiger partial charge in [-0.15, -0.1) is 0 Å². The fraction of sp³-hybridized carbons (Fsp3) is 0.324. The first-order chi connectivity index (χ1) is 18.6. The molecular formula is C34H37NO4. The highest BCUT2D eigenvalue weighted by molar-refractivity contribution is 5.91. The SMILES string of the molecule is Cc1c(C)c2c(c(C)c1Cc1ccc(C(=O)NC(c3ccccc3)C(O)c3ccccc3)o1)CCC(C)(C)O2. The summed E-state index contributed by atoms with van der Waals surface area (Å²) >= 11 is 0. The molecule has 3 aromatic carbocycles. The molecule has 39 heavy (non-hydrogen) atoms. The molecule has 0 radical (unpaired) electrons. The van der Waals surface area contributed by atoms with Crippen LogP contribution in [0.2, 0.25) is 0 Å². The van der Waals surface area contributed by atoms with Gasteiger partial charge in [0.05, 0.1) is 6.04 Å². The number of carbonyl (C=O) groups is 1. The second-order valence-corrected chi connectivity index (χ2v) is 11.2. The average molecular weight is 524 g/mol. The number of benzene rings is 3. The molecule has 202 valence electrons. The molecule has 5 heteroatoms. The third kappa shape index (κ3) is 5.50. The maximum Gasteiger partial charge on any atom is 0.287 e. The van der Waals surface area contributed by atoms with Gasteiger partial charge in [0.15, 0.2) is 5.76 Å². The smallest absolute Gasteiger partial charge is 0.287 e. The molecule has 4 aromatic rings. The van der Waals surface area contributed by atoms with Crippen molar-refractivity contribution in [2.75, 3.05) is 0 Å². The zero-order valence-electron chi connectivity index (χ0n) is 23.4. The van der Waals surface area contributed by atoms with E-state index in [0.29, 0.717) is 6.42 Å². The number of amides is 1. The fourth-order valence-corrected chi connectivity index (χ4v) is 5.54. The maximum atomic E-state index is 13.3. The number of fused-ring (bicyclic) bond motifs is 1. The number of rotatable bonds is 7. The van der Waals surface area contributed by atoms with E-state index >= 15 is 0 Å². The monoisotopic (exact) mass is 523 g/mol. The van der Waals surface area contributed by atoms with Gasteiger partial charge >= 0.3 is 0 Å². The fourth-order valence-electron chi connectivity index (χ4n) is 5.54. The molecule has 0 bridgehead atoms. The topological polar surface area (TPSA) is 71.7 Å². The lowest BCUT2D eigenvalue weighted by Crippen LogP contribution is -2.33. The number of nitrogens with one attached hydrogen (secondary N) is 1. The van der Waals surface area contributed by atoms with Crippen LogP contribution in [-0.4, -0.2) is 16.6 Å². The lowest BCUT2D eigenvalue weighted by Gasteiger charge is -2.35. The van der Waals surface area contributed by atoms with E-state index in [4.69, 9.17) is 9.15 Å². The van der Waals surface area contributed by atoms with E-state index in [0.717, 1.165) is 35.5 Å². The number of aliphatic hydroxyl groups excluding tert-OH is 1. The summed E-state index contributed by atoms with van der Waals surface area (Å²) in [7, 11) is 0. The highest BCUT2D eigenvalue weighted by Crippen LogP contribution is 2.41. The Bertz CT molecular complexity index is 1470. The number of hydrogen-bond acceptors (Lipinski definition) is 4. The highest BCUT2D eigenvalue weighted by Gasteiger charge is 2.31. The molecule has 0 saturated carbocycles. The van der Waals surface area contributed by atoms with E-state index in [9.17, 15) is 9.90 Å². The van der Waals surface area contributed by atoms with Gasteiger partial charge in [0.1, 0.15) is 23.2 Å². The van der Waals surface area contributed by atoms with Crippen molar-refractivity contribution in [3.63, 3.8) is 0 Å². The van der Waals surface area contributed by atoms with Gasteiger partial charge in [0, 0.05) is 6.42 Å². The van der Waals surface area contributed by atoms with Crippen LogP contribution in [0.5, 0.6) is 5.75 Å². The number of carbonyl (C=O) groups excluding carboxylic acids is 1. The van der Waals surface area contributed by atoms with Crippen molar-refractivity contribution in [1.82, 2.24) is 5.32 Å². The van der Waals surface area contributed by atoms with E-state index in [-0.39, 0.29) is 17.3 Å². The minimum absolute atomic E-state index is 0.160. The van der Waals surface area contributed by atoms with Crippen molar-refractivity contribution in [2.45, 2.75) is 71.6 Å². The van der Waals surface area contributed by atoms with Gasteiger partial charge in [-0.3, -0.25) is 4.79 Å². The van der Waals surface area contributed by atoms with Crippen molar-refractivity contribution in [3.05, 3.63) is 123 Å². The third-order valence-corrected chi connectivity index (χ3v) is 8.03. The Balaban J connectivity index is 1.38. The van der Waals surface area contributed by atoms with Crippen molar-refractivity contribution < 1.29 is 19.1 Å². The van der Waals surface area contributed by atoms with Gasteiger partial charge in [-0.1, -0.05) is 60.7 Å². The predicted octanol–water partition coefficient (Wildman–Crippen LogP) is 7.10. The summed E-state index contributed by atoms with van der Waals surface area (Å²) in [6.45, 7) is 10.7. The molecule has 1 amide bonds. The van der Waals surface area contributed by atoms with E-state index < -0.39 is 12.1 Å². The van der Waals surface area contributed by atoms with Crippen LogP contribution < -0.4 is 10.1 Å². The predicted molar refractivity (Wildman–Crippen MR) is 153 cm³/mol. The molecule has 0 spiro atoms. The number of ether oxygens (including phenoxy) is 1. The quantitative estimate of drug-likeness (QED) is 0.271. The Morgan fingerprint density at radius 2 is 1.54 bits per heavy atom. The molecule has 0 aliphatic carbocycles. The molecule has 2 N–H and O–H groups in total. The molecule has 1 aliphatic rings. The molecule has 1 aromatic heterocycles. The Hall–Kier alpha value is -3.83. The van der Waals surface area contributed by atoms with Crippen LogP contribution in [0.3, 0.4) is 0 Å². The normalized spacial score (nSPS) is 15.6. The van der Waals surface area contributed by atoms with Crippen LogP contribution in [0.15, 0.2) is 77.2 Å². The summed E-state index contributed by atoms with van der Waals surface area (Å²) in [5, 5.41) is 14.2. The van der Waals surface area contributed by atoms with Crippen LogP contribution in [0.4, 0.5) is 0 Å². The summed E-state index contributed by atoms with van der Waals surface area (Å²) in [5.41, 5.74) is 7.48. The number of aliphatic hydroxyl groups is 1. The first-order valence-corrected chi connectivity index (χ1v) is 13.6. The average Bonchev–Trinajstić information content (AvgIpc) is 3.42. The number of furan rings is 1. The van der Waals surface area contributed by atoms with E-state index in [1.165, 1.54) is 27.8 Å². The molecule has 1 aliphatic heterocycles. The van der Waals surface area contributed by atoms with Crippen molar-refractivity contribution in [3.8, 4) is 5.75 Å². The Kier molecular flexibility index (Phi) is 7.37. The summed E-state index contributed by atoms with van der Waals surface area (Å²) in [6, 6.07) is 21.8. The van der Waals surface area contributed by atoms with Gasteiger partial charge in [-0.05, 0) is 98.5 Å². The second kappa shape index (κ2) is 10.7. The molecular weight excluding hydrogens is 486 g/mol. The van der Waals surface area contributed by atoms with Gasteiger partial charge in [-0.2, -0.15) is 0 Å². The molecule has 5 nitrogen and oxygen atoms in total. The van der Waals surface area contributed by atoms with Crippen molar-refractivity contribution >= 4 is 5.91 Å². The lowest BCUT2D eigenvalue weighted by atomic mass is 9.84. The minimum Gasteiger partial charge on any atom is -0.487 e. The van der Waals surface area contributed by atoms with Crippen molar-refractivity contribution in [2.24, 2.45) is 0 Å². The first-order valence-electron chi connectivity index (χ1n) is 13.6. The van der Waals surface area contributed by atoms with Crippen LogP contribution in [0.25, 0.3) is 0 Å². The number of hydrogen-bond donors (Lipinski definition) is 2. The van der Waals surface area contributed by atoms with E-state index in [1.54, 1.807) is 6.07 Å². The minimum atomic E-state index is -0.914. The first kappa shape index (κ1) is 26.8. The second-order valence-electron chi connectivity index (χ2n) is 11.2. The summed E-state index contributed by atoms with van der Waals surface area (Å²) in [5.74, 6) is 1.60. The van der Waals surface area contributed by atoms with Crippen LogP contribution in [0.1, 0.15) is 87.7 Å². The lowest BCUT2D eigenvalue weighted by molar-refractivity contribution is 0.0804. The maximum absolute atomic E-state index is 13.3.